The van der Waals surface area contributed by atoms with E-state index in [2.05, 4.69) is 15.9 Å². The number of aliphatic hydroxyl groups is 1. The molecule has 7 atom stereocenters. The quantitative estimate of drug-likeness (QED) is 0.257. The molecule has 1 N–H and O–H groups in total. The molecule has 0 saturated carbocycles. The number of benzene rings is 2. The minimum atomic E-state index is -1.44. The lowest BCUT2D eigenvalue weighted by molar-refractivity contribution is -0.164. The minimum absolute atomic E-state index is 0.0636. The van der Waals surface area contributed by atoms with Gasteiger partial charge in [-0.1, -0.05) is 70.0 Å². The van der Waals surface area contributed by atoms with E-state index in [0.717, 1.165) is 0 Å². The zero-order valence-corrected chi connectivity index (χ0v) is 29.2. The van der Waals surface area contributed by atoms with Gasteiger partial charge >= 0.3 is 5.97 Å². The number of ether oxygens (including phenoxy) is 2. The van der Waals surface area contributed by atoms with Crippen molar-refractivity contribution in [2.75, 3.05) is 31.6 Å². The minimum Gasteiger partial charge on any atom is -0.455 e. The third-order valence-electron chi connectivity index (χ3n) is 9.94. The second-order valence-corrected chi connectivity index (χ2v) is 14.1. The molecule has 0 radical (unpaired) electrons. The molecule has 48 heavy (non-hydrogen) atoms. The van der Waals surface area contributed by atoms with Crippen molar-refractivity contribution < 1.29 is 33.8 Å². The number of likely N-dealkylation sites (N-methyl/N-ethyl adjacent to an activating group) is 1. The molecule has 12 heteroatoms. The largest absolute Gasteiger partial charge is 0.455 e. The number of amides is 3. The third kappa shape index (κ3) is 6.10. The smallest absolute Gasteiger partial charge is 0.313 e. The summed E-state index contributed by atoms with van der Waals surface area (Å²) in [6.45, 7) is 2.12. The highest BCUT2D eigenvalue weighted by molar-refractivity contribution is 9.11. The fourth-order valence-electron chi connectivity index (χ4n) is 7.39. The van der Waals surface area contributed by atoms with Crippen molar-refractivity contribution in [3.05, 3.63) is 87.9 Å². The van der Waals surface area contributed by atoms with Gasteiger partial charge in [-0.05, 0) is 62.1 Å². The van der Waals surface area contributed by atoms with Crippen LogP contribution >= 0.6 is 27.5 Å². The number of hydrogen-bond acceptors (Lipinski definition) is 7. The van der Waals surface area contributed by atoms with Crippen LogP contribution in [0.4, 0.5) is 5.69 Å². The summed E-state index contributed by atoms with van der Waals surface area (Å²) in [6.07, 6.45) is 5.34. The first-order chi connectivity index (χ1) is 23.1. The molecule has 2 aromatic carbocycles. The normalized spacial score (nSPS) is 31.6. The number of allylic oxidation sites excluding steroid dienone is 1. The van der Waals surface area contributed by atoms with E-state index in [1.165, 1.54) is 4.90 Å². The Morgan fingerprint density at radius 3 is 2.42 bits per heavy atom. The van der Waals surface area contributed by atoms with Crippen LogP contribution in [-0.2, 0) is 28.7 Å². The van der Waals surface area contributed by atoms with Crippen molar-refractivity contribution in [2.45, 2.75) is 62.5 Å². The van der Waals surface area contributed by atoms with Gasteiger partial charge in [-0.25, -0.2) is 0 Å². The molecular formula is C36H39BrClN3O7. The summed E-state index contributed by atoms with van der Waals surface area (Å²) >= 11 is 9.80. The number of likely N-dealkylation sites (tertiary alicyclic amines) is 1. The van der Waals surface area contributed by atoms with Crippen molar-refractivity contribution >= 4 is 56.9 Å². The first-order valence-corrected chi connectivity index (χ1v) is 17.5. The van der Waals surface area contributed by atoms with Gasteiger partial charge in [-0.15, -0.1) is 0 Å². The number of carbonyl (C=O) groups excluding carboxylic acids is 4. The average molecular weight is 741 g/mol. The number of rotatable bonds is 6. The molecule has 6 rings (SSSR count). The summed E-state index contributed by atoms with van der Waals surface area (Å²) in [5.74, 6) is -3.60. The van der Waals surface area contributed by atoms with Crippen LogP contribution in [0.3, 0.4) is 0 Å². The van der Waals surface area contributed by atoms with Crippen molar-refractivity contribution in [2.24, 2.45) is 11.8 Å². The van der Waals surface area contributed by atoms with Gasteiger partial charge in [0.1, 0.15) is 29.8 Å². The highest BCUT2D eigenvalue weighted by atomic mass is 79.9. The van der Waals surface area contributed by atoms with Crippen LogP contribution in [0.1, 0.15) is 44.3 Å². The third-order valence-corrected chi connectivity index (χ3v) is 10.9. The summed E-state index contributed by atoms with van der Waals surface area (Å²) in [6, 6.07) is 14.5. The van der Waals surface area contributed by atoms with Crippen molar-refractivity contribution in [3.8, 4) is 0 Å². The van der Waals surface area contributed by atoms with Gasteiger partial charge in [0, 0.05) is 48.4 Å². The molecule has 0 aromatic heterocycles. The lowest BCUT2D eigenvalue weighted by Gasteiger charge is -2.36. The number of unbranched alkanes of at least 4 members (excludes halogenated alkanes) is 1. The number of carbonyl (C=O) groups is 4. The van der Waals surface area contributed by atoms with Gasteiger partial charge in [0.05, 0.1) is 12.0 Å². The number of fused-ring (bicyclic) bond motifs is 2. The van der Waals surface area contributed by atoms with Crippen LogP contribution in [0, 0.1) is 11.8 Å². The second-order valence-electron chi connectivity index (χ2n) is 12.7. The summed E-state index contributed by atoms with van der Waals surface area (Å²) in [7, 11) is 1.69. The van der Waals surface area contributed by atoms with E-state index < -0.39 is 47.7 Å². The Labute approximate surface area is 293 Å². The maximum Gasteiger partial charge on any atom is 0.313 e. The molecule has 0 unspecified atom stereocenters. The van der Waals surface area contributed by atoms with Crippen LogP contribution < -0.4 is 4.90 Å². The second kappa shape index (κ2) is 14.2. The Bertz CT molecular complexity index is 1620. The number of halogens is 2. The number of hydrogen-bond donors (Lipinski definition) is 1. The zero-order valence-electron chi connectivity index (χ0n) is 26.8. The standard InChI is InChI=1S/C36H39BrClN3O7/c1-22-30(23-11-5-3-6-12-23)47-35(46)28-29-33(44)41(19-9-10-20-42)32(36(29)21-26(37)31(28)48-36)34(45)40(25-16-14-24(38)15-17-25)18-8-4-7-13-27(43)39(22)2/h3-6,8,11-12,14-17,21-22,28-32,42H,7,9-10,13,18-20H2,1-2H3/b8-4-/t22-,28+,29-,30+,31+,32+,36-/m0/s1. The molecule has 4 aliphatic heterocycles. The first-order valence-electron chi connectivity index (χ1n) is 16.3. The monoisotopic (exact) mass is 739 g/mol. The molecular weight excluding hydrogens is 702 g/mol. The van der Waals surface area contributed by atoms with Crippen molar-refractivity contribution in [1.29, 1.82) is 0 Å². The molecule has 4 aliphatic rings. The molecule has 254 valence electrons. The molecule has 1 spiro atoms. The SMILES string of the molecule is C[C@H]1[C@H](c2ccccc2)OC(=O)[C@H]2[C@@H]3O[C@@]4(C=C3Br)[C@@H]2C(=O)N(CCCCO)[C@@H]4C(=O)N(c2ccc(Cl)cc2)C/C=C\CCC(=O)N1C. The highest BCUT2D eigenvalue weighted by Crippen LogP contribution is 2.59. The molecule has 2 fully saturated rings. The number of cyclic esters (lactones) is 1. The van der Waals surface area contributed by atoms with E-state index >= 15 is 0 Å². The van der Waals surface area contributed by atoms with Gasteiger partial charge in [-0.2, -0.15) is 0 Å². The predicted octanol–water partition coefficient (Wildman–Crippen LogP) is 4.80. The molecule has 2 aromatic rings. The fraction of sp³-hybridized carbons (Fsp3) is 0.444. The summed E-state index contributed by atoms with van der Waals surface area (Å²) in [5.41, 5.74) is -0.167. The van der Waals surface area contributed by atoms with E-state index in [0.29, 0.717) is 40.0 Å². The molecule has 5 bridgehead atoms. The van der Waals surface area contributed by atoms with E-state index in [1.807, 2.05) is 49.4 Å². The van der Waals surface area contributed by atoms with Gasteiger partial charge < -0.3 is 29.3 Å². The molecule has 4 heterocycles. The lowest BCUT2D eigenvalue weighted by atomic mass is 9.74. The average Bonchev–Trinajstić information content (AvgIpc) is 3.68. The van der Waals surface area contributed by atoms with Crippen LogP contribution in [0.25, 0.3) is 0 Å². The maximum atomic E-state index is 14.9. The Kier molecular flexibility index (Phi) is 10.1. The van der Waals surface area contributed by atoms with E-state index in [-0.39, 0.29) is 43.8 Å². The predicted molar refractivity (Wildman–Crippen MR) is 183 cm³/mol. The van der Waals surface area contributed by atoms with Crippen molar-refractivity contribution in [3.63, 3.8) is 0 Å². The molecule has 0 aliphatic carbocycles. The molecule has 2 saturated heterocycles. The van der Waals surface area contributed by atoms with Gasteiger partial charge in [0.15, 0.2) is 0 Å². The topological polar surface area (TPSA) is 117 Å². The van der Waals surface area contributed by atoms with Crippen LogP contribution in [0.15, 0.2) is 77.3 Å². The van der Waals surface area contributed by atoms with Gasteiger partial charge in [0.25, 0.3) is 5.91 Å². The maximum absolute atomic E-state index is 14.9. The Morgan fingerprint density at radius 1 is 0.979 bits per heavy atom. The molecule has 3 amide bonds. The summed E-state index contributed by atoms with van der Waals surface area (Å²) < 4.78 is 13.5. The number of esters is 1. The number of nitrogens with zero attached hydrogens (tertiary/aromatic N) is 3. The van der Waals surface area contributed by atoms with E-state index in [1.54, 1.807) is 47.2 Å². The Morgan fingerprint density at radius 2 is 1.71 bits per heavy atom. The fourth-order valence-corrected chi connectivity index (χ4v) is 8.26. The number of aliphatic hydroxyl groups excluding tert-OH is 1. The molecule has 10 nitrogen and oxygen atoms in total. The van der Waals surface area contributed by atoms with E-state index in [9.17, 15) is 24.3 Å². The van der Waals surface area contributed by atoms with Crippen LogP contribution in [-0.4, -0.2) is 89.1 Å². The summed E-state index contributed by atoms with van der Waals surface area (Å²) in [4.78, 5) is 61.8. The zero-order chi connectivity index (χ0) is 34.2. The van der Waals surface area contributed by atoms with Gasteiger partial charge in [-0.3, -0.25) is 19.2 Å². The van der Waals surface area contributed by atoms with Crippen LogP contribution in [0.2, 0.25) is 5.02 Å². The summed E-state index contributed by atoms with van der Waals surface area (Å²) in [5, 5.41) is 10.0. The van der Waals surface area contributed by atoms with Crippen molar-refractivity contribution in [1.82, 2.24) is 9.80 Å². The first kappa shape index (κ1) is 34.4. The van der Waals surface area contributed by atoms with Gasteiger partial charge in [0.2, 0.25) is 11.8 Å². The van der Waals surface area contributed by atoms with E-state index in [4.69, 9.17) is 21.1 Å². The van der Waals surface area contributed by atoms with Crippen LogP contribution in [0.5, 0.6) is 0 Å². The highest BCUT2D eigenvalue weighted by Gasteiger charge is 2.75. The number of anilines is 1. The Hall–Kier alpha value is -3.51. The lowest BCUT2D eigenvalue weighted by Crippen LogP contribution is -2.56. The Balaban J connectivity index is 1.47.